The summed E-state index contributed by atoms with van der Waals surface area (Å²) < 4.78 is 34.1. The van der Waals surface area contributed by atoms with Crippen molar-refractivity contribution >= 4 is 5.69 Å². The smallest absolute Gasteiger partial charge is 0.236 e. The van der Waals surface area contributed by atoms with E-state index in [9.17, 15) is 8.78 Å². The summed E-state index contributed by atoms with van der Waals surface area (Å²) in [7, 11) is 1.73. The predicted molar refractivity (Wildman–Crippen MR) is 127 cm³/mol. The Morgan fingerprint density at radius 3 is 2.58 bits per heavy atom. The molecule has 4 rings (SSSR count). The summed E-state index contributed by atoms with van der Waals surface area (Å²) >= 11 is 0. The highest BCUT2D eigenvalue weighted by Gasteiger charge is 2.37. The van der Waals surface area contributed by atoms with Crippen LogP contribution in [0.1, 0.15) is 58.1 Å². The minimum atomic E-state index is -0.553. The summed E-state index contributed by atoms with van der Waals surface area (Å²) in [5, 5.41) is 6.80. The van der Waals surface area contributed by atoms with E-state index >= 15 is 0 Å². The fourth-order valence-electron chi connectivity index (χ4n) is 4.76. The zero-order valence-corrected chi connectivity index (χ0v) is 20.0. The third kappa shape index (κ3) is 6.48. The number of nitrogens with one attached hydrogen (secondary N) is 2. The number of methoxy groups -OCH3 is 1. The average Bonchev–Trinajstić information content (AvgIpc) is 3.53. The fourth-order valence-corrected chi connectivity index (χ4v) is 4.76. The zero-order chi connectivity index (χ0) is 23.4. The summed E-state index contributed by atoms with van der Waals surface area (Å²) in [5.41, 5.74) is 2.43. The van der Waals surface area contributed by atoms with Crippen molar-refractivity contribution in [3.63, 3.8) is 0 Å². The molecule has 2 heterocycles. The summed E-state index contributed by atoms with van der Waals surface area (Å²) in [5.74, 6) is -0.426. The van der Waals surface area contributed by atoms with Gasteiger partial charge < -0.3 is 15.4 Å². The van der Waals surface area contributed by atoms with Gasteiger partial charge in [-0.3, -0.25) is 4.98 Å². The van der Waals surface area contributed by atoms with E-state index in [0.717, 1.165) is 57.2 Å². The van der Waals surface area contributed by atoms with Gasteiger partial charge >= 0.3 is 0 Å². The molecule has 0 aromatic carbocycles. The highest BCUT2D eigenvalue weighted by molar-refractivity contribution is 5.67. The van der Waals surface area contributed by atoms with Crippen LogP contribution in [0.2, 0.25) is 0 Å². The molecule has 2 aliphatic carbocycles. The molecule has 2 aliphatic rings. The molecule has 2 fully saturated rings. The monoisotopic (exact) mass is 458 g/mol. The first kappa shape index (κ1) is 24.0. The third-order valence-corrected chi connectivity index (χ3v) is 7.15. The van der Waals surface area contributed by atoms with Crippen molar-refractivity contribution in [1.82, 2.24) is 15.3 Å². The molecule has 2 N–H and O–H groups in total. The summed E-state index contributed by atoms with van der Waals surface area (Å²) in [6.45, 7) is 5.74. The lowest BCUT2D eigenvalue weighted by atomic mass is 9.83. The Morgan fingerprint density at radius 1 is 1.12 bits per heavy atom. The van der Waals surface area contributed by atoms with E-state index in [0.29, 0.717) is 41.4 Å². The predicted octanol–water partition coefficient (Wildman–Crippen LogP) is 5.36. The first-order chi connectivity index (χ1) is 15.8. The average molecular weight is 459 g/mol. The van der Waals surface area contributed by atoms with E-state index in [4.69, 9.17) is 4.74 Å². The Bertz CT molecular complexity index is 942. The number of nitrogens with zero attached hydrogens (tertiary/aromatic N) is 2. The van der Waals surface area contributed by atoms with Crippen molar-refractivity contribution in [2.45, 2.75) is 70.9 Å². The van der Waals surface area contributed by atoms with Crippen molar-refractivity contribution in [3.8, 4) is 11.1 Å². The largest absolute Gasteiger partial charge is 0.383 e. The number of rotatable bonds is 10. The van der Waals surface area contributed by atoms with Crippen molar-refractivity contribution in [2.75, 3.05) is 25.6 Å². The molecule has 0 spiro atoms. The maximum atomic E-state index is 14.7. The Kier molecular flexibility index (Phi) is 7.59. The van der Waals surface area contributed by atoms with Crippen molar-refractivity contribution in [3.05, 3.63) is 42.0 Å². The number of anilines is 1. The topological polar surface area (TPSA) is 59.1 Å². The molecular weight excluding hydrogens is 422 g/mol. The SMILES string of the molecule is COC[C@@H](C)NC1CCC(Cc2cc(-c3cnc(F)c(NCC4(C)CC4)c3)c(F)cn2)CC1. The van der Waals surface area contributed by atoms with Crippen LogP contribution in [0.15, 0.2) is 24.5 Å². The first-order valence-corrected chi connectivity index (χ1v) is 12.1. The van der Waals surface area contributed by atoms with E-state index < -0.39 is 11.8 Å². The van der Waals surface area contributed by atoms with Gasteiger partial charge in [0.1, 0.15) is 5.82 Å². The van der Waals surface area contributed by atoms with Crippen LogP contribution in [0, 0.1) is 23.1 Å². The minimum Gasteiger partial charge on any atom is -0.383 e. The van der Waals surface area contributed by atoms with Crippen LogP contribution in [-0.4, -0.2) is 42.3 Å². The molecular formula is C26H36F2N4O. The van der Waals surface area contributed by atoms with Crippen LogP contribution in [0.25, 0.3) is 11.1 Å². The van der Waals surface area contributed by atoms with Gasteiger partial charge in [0.15, 0.2) is 0 Å². The molecule has 0 saturated heterocycles. The molecule has 5 nitrogen and oxygen atoms in total. The van der Waals surface area contributed by atoms with Crippen LogP contribution < -0.4 is 10.6 Å². The van der Waals surface area contributed by atoms with E-state index in [1.54, 1.807) is 19.2 Å². The van der Waals surface area contributed by atoms with Gasteiger partial charge in [-0.2, -0.15) is 4.39 Å². The second-order valence-corrected chi connectivity index (χ2v) is 10.3. The van der Waals surface area contributed by atoms with Crippen LogP contribution >= 0.6 is 0 Å². The maximum Gasteiger partial charge on any atom is 0.236 e. The number of aromatic nitrogens is 2. The standard InChI is InChI=1S/C26H36F2N4O/c1-17(15-33-3)32-20-6-4-18(5-7-20)10-21-12-22(23(27)14-29-21)19-11-24(25(28)30-13-19)31-16-26(2)8-9-26/h11-14,17-18,20,31-32H,4-10,15-16H2,1-3H3/t17-,18?,20?/m1/s1. The maximum absolute atomic E-state index is 14.7. The quantitative estimate of drug-likeness (QED) is 0.470. The molecule has 0 amide bonds. The first-order valence-electron chi connectivity index (χ1n) is 12.1. The molecule has 0 bridgehead atoms. The van der Waals surface area contributed by atoms with Gasteiger partial charge in [-0.15, -0.1) is 0 Å². The van der Waals surface area contributed by atoms with Gasteiger partial charge in [0.05, 0.1) is 18.5 Å². The van der Waals surface area contributed by atoms with E-state index in [-0.39, 0.29) is 5.41 Å². The van der Waals surface area contributed by atoms with Gasteiger partial charge in [0.25, 0.3) is 0 Å². The molecule has 7 heteroatoms. The lowest BCUT2D eigenvalue weighted by Crippen LogP contribution is -2.41. The molecule has 0 aliphatic heterocycles. The highest BCUT2D eigenvalue weighted by atomic mass is 19.1. The van der Waals surface area contributed by atoms with Crippen molar-refractivity contribution in [2.24, 2.45) is 11.3 Å². The molecule has 180 valence electrons. The minimum absolute atomic E-state index is 0.230. The molecule has 0 unspecified atom stereocenters. The second kappa shape index (κ2) is 10.4. The van der Waals surface area contributed by atoms with Gasteiger partial charge in [-0.25, -0.2) is 9.37 Å². The molecule has 33 heavy (non-hydrogen) atoms. The Morgan fingerprint density at radius 2 is 1.88 bits per heavy atom. The fraction of sp³-hybridized carbons (Fsp3) is 0.615. The highest BCUT2D eigenvalue weighted by Crippen LogP contribution is 2.45. The Balaban J connectivity index is 1.39. The third-order valence-electron chi connectivity index (χ3n) is 7.15. The Hall–Kier alpha value is -2.12. The Labute approximate surface area is 195 Å². The van der Waals surface area contributed by atoms with E-state index in [2.05, 4.69) is 34.4 Å². The van der Waals surface area contributed by atoms with Gasteiger partial charge in [-0.05, 0) is 75.3 Å². The molecule has 1 atom stereocenters. The zero-order valence-electron chi connectivity index (χ0n) is 20.0. The van der Waals surface area contributed by atoms with E-state index in [1.165, 1.54) is 12.4 Å². The van der Waals surface area contributed by atoms with Crippen LogP contribution in [0.4, 0.5) is 14.5 Å². The second-order valence-electron chi connectivity index (χ2n) is 10.3. The number of halogens is 2. The lowest BCUT2D eigenvalue weighted by molar-refractivity contribution is 0.158. The van der Waals surface area contributed by atoms with Crippen LogP contribution in [0.5, 0.6) is 0 Å². The van der Waals surface area contributed by atoms with Crippen molar-refractivity contribution in [1.29, 1.82) is 0 Å². The summed E-state index contributed by atoms with van der Waals surface area (Å²) in [6.07, 6.45) is 10.3. The van der Waals surface area contributed by atoms with Gasteiger partial charge in [-0.1, -0.05) is 6.92 Å². The normalized spacial score (nSPS) is 22.7. The van der Waals surface area contributed by atoms with Gasteiger partial charge in [0.2, 0.25) is 5.95 Å². The lowest BCUT2D eigenvalue weighted by Gasteiger charge is -2.31. The number of pyridine rings is 2. The molecule has 0 radical (unpaired) electrons. The number of hydrogen-bond donors (Lipinski definition) is 2. The van der Waals surface area contributed by atoms with Gasteiger partial charge in [0, 0.05) is 48.8 Å². The summed E-state index contributed by atoms with van der Waals surface area (Å²) in [6, 6.07) is 4.35. The van der Waals surface area contributed by atoms with Crippen LogP contribution in [-0.2, 0) is 11.2 Å². The molecule has 2 saturated carbocycles. The number of ether oxygens (including phenoxy) is 1. The molecule has 2 aromatic heterocycles. The number of hydrogen-bond acceptors (Lipinski definition) is 5. The van der Waals surface area contributed by atoms with Crippen LogP contribution in [0.3, 0.4) is 0 Å². The molecule has 2 aromatic rings. The van der Waals surface area contributed by atoms with Crippen molar-refractivity contribution < 1.29 is 13.5 Å². The summed E-state index contributed by atoms with van der Waals surface area (Å²) in [4.78, 5) is 8.23. The van der Waals surface area contributed by atoms with E-state index in [1.807, 2.05) is 0 Å².